The minimum atomic E-state index is -4.31. The van der Waals surface area contributed by atoms with Crippen molar-refractivity contribution in [3.05, 3.63) is 35.4 Å². The minimum absolute atomic E-state index is 0.235. The average Bonchev–Trinajstić information content (AvgIpc) is 2.46. The van der Waals surface area contributed by atoms with Crippen molar-refractivity contribution >= 4 is 0 Å². The van der Waals surface area contributed by atoms with Gasteiger partial charge in [-0.05, 0) is 30.5 Å². The number of hydrogen-bond acceptors (Lipinski definition) is 3. The Kier molecular flexibility index (Phi) is 4.67. The van der Waals surface area contributed by atoms with Gasteiger partial charge in [0, 0.05) is 13.2 Å². The summed E-state index contributed by atoms with van der Waals surface area (Å²) in [7, 11) is 0. The summed E-state index contributed by atoms with van der Waals surface area (Å²) in [5.41, 5.74) is 5.25. The Labute approximate surface area is 115 Å². The molecule has 1 aliphatic rings. The quantitative estimate of drug-likeness (QED) is 0.927. The summed E-state index contributed by atoms with van der Waals surface area (Å²) in [6, 6.07) is 4.98. The standard InChI is InChI=1S/C14H18F3NO2/c15-14(16,17)12-4-2-11(3-5-12)8-20-13(9-18)6-1-7-19-10-13/h2-5H,1,6-10,18H2. The highest BCUT2D eigenvalue weighted by Gasteiger charge is 2.33. The molecule has 1 fully saturated rings. The van der Waals surface area contributed by atoms with Gasteiger partial charge in [-0.15, -0.1) is 0 Å². The summed E-state index contributed by atoms with van der Waals surface area (Å²) in [5.74, 6) is 0. The highest BCUT2D eigenvalue weighted by molar-refractivity contribution is 5.24. The van der Waals surface area contributed by atoms with E-state index < -0.39 is 17.3 Å². The molecule has 0 amide bonds. The van der Waals surface area contributed by atoms with Crippen molar-refractivity contribution in [2.75, 3.05) is 19.8 Å². The van der Waals surface area contributed by atoms with Crippen LogP contribution in [0.25, 0.3) is 0 Å². The summed E-state index contributed by atoms with van der Waals surface area (Å²) in [6.07, 6.45) is -2.62. The molecule has 1 aromatic carbocycles. The molecule has 0 aliphatic carbocycles. The number of benzene rings is 1. The zero-order chi connectivity index (χ0) is 14.6. The number of alkyl halides is 3. The smallest absolute Gasteiger partial charge is 0.378 e. The van der Waals surface area contributed by atoms with Gasteiger partial charge in [0.1, 0.15) is 5.60 Å². The molecule has 1 atom stereocenters. The van der Waals surface area contributed by atoms with Crippen molar-refractivity contribution in [3.8, 4) is 0 Å². The van der Waals surface area contributed by atoms with Crippen LogP contribution in [0.4, 0.5) is 13.2 Å². The molecule has 0 saturated carbocycles. The SMILES string of the molecule is NCC1(OCc2ccc(C(F)(F)F)cc2)CCCOC1. The van der Waals surface area contributed by atoms with E-state index in [2.05, 4.69) is 0 Å². The molecule has 1 aliphatic heterocycles. The second-order valence-electron chi connectivity index (χ2n) is 5.03. The van der Waals surface area contributed by atoms with E-state index in [1.54, 1.807) is 0 Å². The van der Waals surface area contributed by atoms with Gasteiger partial charge in [-0.3, -0.25) is 0 Å². The van der Waals surface area contributed by atoms with Crippen molar-refractivity contribution in [3.63, 3.8) is 0 Å². The summed E-state index contributed by atoms with van der Waals surface area (Å²) in [5, 5.41) is 0. The van der Waals surface area contributed by atoms with Crippen molar-refractivity contribution in [2.24, 2.45) is 5.73 Å². The molecule has 0 spiro atoms. The van der Waals surface area contributed by atoms with E-state index in [0.717, 1.165) is 25.0 Å². The third-order valence-corrected chi connectivity index (χ3v) is 3.48. The lowest BCUT2D eigenvalue weighted by molar-refractivity contribution is -0.137. The molecule has 3 nitrogen and oxygen atoms in total. The fraction of sp³-hybridized carbons (Fsp3) is 0.571. The molecule has 2 N–H and O–H groups in total. The first-order chi connectivity index (χ1) is 9.45. The van der Waals surface area contributed by atoms with Crippen LogP contribution < -0.4 is 5.73 Å². The molecule has 0 aromatic heterocycles. The van der Waals surface area contributed by atoms with Gasteiger partial charge < -0.3 is 15.2 Å². The van der Waals surface area contributed by atoms with Crippen molar-refractivity contribution in [1.82, 2.24) is 0 Å². The van der Waals surface area contributed by atoms with Gasteiger partial charge in [-0.25, -0.2) is 0 Å². The first-order valence-corrected chi connectivity index (χ1v) is 6.53. The molecule has 1 heterocycles. The summed E-state index contributed by atoms with van der Waals surface area (Å²) in [4.78, 5) is 0. The number of rotatable bonds is 4. The Hall–Kier alpha value is -1.11. The Morgan fingerprint density at radius 3 is 2.45 bits per heavy atom. The molecule has 0 radical (unpaired) electrons. The van der Waals surface area contributed by atoms with E-state index in [1.807, 2.05) is 0 Å². The van der Waals surface area contributed by atoms with Crippen LogP contribution in [0.5, 0.6) is 0 Å². The predicted molar refractivity (Wildman–Crippen MR) is 68.1 cm³/mol. The van der Waals surface area contributed by atoms with Crippen LogP contribution in [-0.2, 0) is 22.3 Å². The third-order valence-electron chi connectivity index (χ3n) is 3.48. The summed E-state index contributed by atoms with van der Waals surface area (Å²) < 4.78 is 48.5. The van der Waals surface area contributed by atoms with Crippen LogP contribution in [0.1, 0.15) is 24.0 Å². The van der Waals surface area contributed by atoms with Gasteiger partial charge in [0.2, 0.25) is 0 Å². The molecule has 0 bridgehead atoms. The molecule has 1 unspecified atom stereocenters. The first-order valence-electron chi connectivity index (χ1n) is 6.53. The van der Waals surface area contributed by atoms with Gasteiger partial charge in [0.15, 0.2) is 0 Å². The summed E-state index contributed by atoms with van der Waals surface area (Å²) in [6.45, 7) is 1.71. The number of ether oxygens (including phenoxy) is 2. The molecule has 20 heavy (non-hydrogen) atoms. The number of nitrogens with two attached hydrogens (primary N) is 1. The first kappa shape index (κ1) is 15.3. The van der Waals surface area contributed by atoms with E-state index in [9.17, 15) is 13.2 Å². The Morgan fingerprint density at radius 1 is 1.25 bits per heavy atom. The molecular formula is C14H18F3NO2. The zero-order valence-electron chi connectivity index (χ0n) is 11.1. The molecule has 2 rings (SSSR count). The van der Waals surface area contributed by atoms with Crippen LogP contribution in [-0.4, -0.2) is 25.4 Å². The third kappa shape index (κ3) is 3.71. The Bertz CT molecular complexity index is 425. The Morgan fingerprint density at radius 2 is 1.95 bits per heavy atom. The van der Waals surface area contributed by atoms with Gasteiger partial charge in [-0.2, -0.15) is 13.2 Å². The minimum Gasteiger partial charge on any atom is -0.378 e. The van der Waals surface area contributed by atoms with Crippen molar-refractivity contribution < 1.29 is 22.6 Å². The number of hydrogen-bond donors (Lipinski definition) is 1. The van der Waals surface area contributed by atoms with E-state index >= 15 is 0 Å². The topological polar surface area (TPSA) is 44.5 Å². The Balaban J connectivity index is 1.96. The highest BCUT2D eigenvalue weighted by Crippen LogP contribution is 2.29. The normalized spacial score (nSPS) is 23.8. The predicted octanol–water partition coefficient (Wildman–Crippen LogP) is 2.73. The van der Waals surface area contributed by atoms with Gasteiger partial charge in [-0.1, -0.05) is 12.1 Å². The molecule has 112 valence electrons. The van der Waals surface area contributed by atoms with E-state index in [-0.39, 0.29) is 6.61 Å². The lowest BCUT2D eigenvalue weighted by atomic mass is 9.96. The van der Waals surface area contributed by atoms with Crippen LogP contribution >= 0.6 is 0 Å². The van der Waals surface area contributed by atoms with Gasteiger partial charge in [0.25, 0.3) is 0 Å². The monoisotopic (exact) mass is 289 g/mol. The maximum Gasteiger partial charge on any atom is 0.416 e. The van der Waals surface area contributed by atoms with Crippen molar-refractivity contribution in [2.45, 2.75) is 31.2 Å². The van der Waals surface area contributed by atoms with Crippen LogP contribution in [0.3, 0.4) is 0 Å². The lowest BCUT2D eigenvalue weighted by Gasteiger charge is -2.35. The van der Waals surface area contributed by atoms with E-state index in [4.69, 9.17) is 15.2 Å². The molecule has 1 aromatic rings. The van der Waals surface area contributed by atoms with E-state index in [0.29, 0.717) is 25.3 Å². The second kappa shape index (κ2) is 6.11. The zero-order valence-corrected chi connectivity index (χ0v) is 11.1. The highest BCUT2D eigenvalue weighted by atomic mass is 19.4. The van der Waals surface area contributed by atoms with Crippen molar-refractivity contribution in [1.29, 1.82) is 0 Å². The van der Waals surface area contributed by atoms with E-state index in [1.165, 1.54) is 12.1 Å². The average molecular weight is 289 g/mol. The molecular weight excluding hydrogens is 271 g/mol. The van der Waals surface area contributed by atoms with Gasteiger partial charge in [0.05, 0.1) is 18.8 Å². The number of halogens is 3. The molecule has 6 heteroatoms. The fourth-order valence-electron chi connectivity index (χ4n) is 2.19. The van der Waals surface area contributed by atoms with Crippen LogP contribution in [0.2, 0.25) is 0 Å². The lowest BCUT2D eigenvalue weighted by Crippen LogP contribution is -2.47. The van der Waals surface area contributed by atoms with Gasteiger partial charge >= 0.3 is 6.18 Å². The summed E-state index contributed by atoms with van der Waals surface area (Å²) >= 11 is 0. The second-order valence-corrected chi connectivity index (χ2v) is 5.03. The van der Waals surface area contributed by atoms with Crippen LogP contribution in [0, 0.1) is 0 Å². The fourth-order valence-corrected chi connectivity index (χ4v) is 2.19. The largest absolute Gasteiger partial charge is 0.416 e. The molecule has 1 saturated heterocycles. The maximum absolute atomic E-state index is 12.4. The maximum atomic E-state index is 12.4. The van der Waals surface area contributed by atoms with Crippen LogP contribution in [0.15, 0.2) is 24.3 Å².